The fourth-order valence-electron chi connectivity index (χ4n) is 1.29. The fraction of sp³-hybridized carbons (Fsp3) is 0.600. The molecule has 2 rings (SSSR count). The summed E-state index contributed by atoms with van der Waals surface area (Å²) >= 11 is 0. The van der Waals surface area contributed by atoms with Crippen molar-refractivity contribution in [3.05, 3.63) is 23.8 Å². The Morgan fingerprint density at radius 3 is 2.69 bits per heavy atom. The molecule has 1 aromatic heterocycles. The van der Waals surface area contributed by atoms with Crippen molar-refractivity contribution in [1.82, 2.24) is 9.97 Å². The van der Waals surface area contributed by atoms with Gasteiger partial charge in [0.25, 0.3) is 0 Å². The summed E-state index contributed by atoms with van der Waals surface area (Å²) in [5.74, 6) is 0. The third kappa shape index (κ3) is 2.23. The van der Waals surface area contributed by atoms with Crippen molar-refractivity contribution < 1.29 is 4.39 Å². The Morgan fingerprint density at radius 1 is 1.38 bits per heavy atom. The average molecular weight is 180 g/mol. The summed E-state index contributed by atoms with van der Waals surface area (Å²) in [7, 11) is 0. The summed E-state index contributed by atoms with van der Waals surface area (Å²) in [5.41, 5.74) is 0.937. The number of halogens is 1. The minimum Gasteiger partial charge on any atom is -0.258 e. The van der Waals surface area contributed by atoms with E-state index in [2.05, 4.69) is 9.97 Å². The third-order valence-electron chi connectivity index (χ3n) is 2.46. The first-order valence-corrected chi connectivity index (χ1v) is 4.64. The fourth-order valence-corrected chi connectivity index (χ4v) is 1.29. The molecule has 0 unspecified atom stereocenters. The van der Waals surface area contributed by atoms with Crippen LogP contribution >= 0.6 is 0 Å². The van der Waals surface area contributed by atoms with Crippen molar-refractivity contribution in [2.24, 2.45) is 0 Å². The van der Waals surface area contributed by atoms with E-state index in [1.165, 1.54) is 0 Å². The Labute approximate surface area is 77.2 Å². The Morgan fingerprint density at radius 2 is 2.15 bits per heavy atom. The zero-order valence-corrected chi connectivity index (χ0v) is 7.76. The van der Waals surface area contributed by atoms with Gasteiger partial charge in [0.1, 0.15) is 5.67 Å². The second-order valence-corrected chi connectivity index (χ2v) is 3.80. The van der Waals surface area contributed by atoms with Crippen LogP contribution in [0.3, 0.4) is 0 Å². The van der Waals surface area contributed by atoms with E-state index in [-0.39, 0.29) is 0 Å². The van der Waals surface area contributed by atoms with E-state index < -0.39 is 5.67 Å². The highest BCUT2D eigenvalue weighted by Crippen LogP contribution is 2.43. The van der Waals surface area contributed by atoms with E-state index in [1.54, 1.807) is 12.4 Å². The summed E-state index contributed by atoms with van der Waals surface area (Å²) in [6.45, 7) is 1.90. The zero-order chi connectivity index (χ0) is 9.31. The summed E-state index contributed by atoms with van der Waals surface area (Å²) in [5, 5.41) is 0. The molecule has 2 nitrogen and oxygen atoms in total. The molecule has 1 aliphatic rings. The molecule has 13 heavy (non-hydrogen) atoms. The van der Waals surface area contributed by atoms with Crippen molar-refractivity contribution in [3.63, 3.8) is 0 Å². The van der Waals surface area contributed by atoms with Crippen LogP contribution in [0.1, 0.15) is 30.7 Å². The van der Waals surface area contributed by atoms with Crippen LogP contribution in [0.5, 0.6) is 0 Å². The standard InChI is InChI=1S/C10H13FN2/c1-8-6-13-9(7-12-8)2-3-10(11)4-5-10/h6-7H,2-5H2,1H3. The zero-order valence-electron chi connectivity index (χ0n) is 7.76. The van der Waals surface area contributed by atoms with Gasteiger partial charge in [0.05, 0.1) is 11.4 Å². The van der Waals surface area contributed by atoms with Gasteiger partial charge in [-0.15, -0.1) is 0 Å². The van der Waals surface area contributed by atoms with Crippen molar-refractivity contribution in [3.8, 4) is 0 Å². The van der Waals surface area contributed by atoms with Crippen LogP contribution in [-0.2, 0) is 6.42 Å². The molecule has 1 aromatic rings. The van der Waals surface area contributed by atoms with E-state index in [9.17, 15) is 4.39 Å². The number of hydrogen-bond acceptors (Lipinski definition) is 2. The molecule has 0 atom stereocenters. The molecule has 1 heterocycles. The molecule has 70 valence electrons. The lowest BCUT2D eigenvalue weighted by molar-refractivity contribution is 0.289. The number of aryl methyl sites for hydroxylation is 2. The first kappa shape index (κ1) is 8.60. The largest absolute Gasteiger partial charge is 0.258 e. The van der Waals surface area contributed by atoms with Crippen molar-refractivity contribution in [2.45, 2.75) is 38.3 Å². The molecule has 0 aliphatic heterocycles. The molecule has 1 saturated carbocycles. The van der Waals surface area contributed by atoms with Crippen LogP contribution < -0.4 is 0 Å². The highest BCUT2D eigenvalue weighted by molar-refractivity contribution is 5.04. The van der Waals surface area contributed by atoms with Crippen LogP contribution in [0.15, 0.2) is 12.4 Å². The Bertz CT molecular complexity index is 290. The Balaban J connectivity index is 1.91. The Kier molecular flexibility index (Phi) is 2.02. The number of nitrogens with zero attached hydrogens (tertiary/aromatic N) is 2. The monoisotopic (exact) mass is 180 g/mol. The molecule has 0 bridgehead atoms. The first-order valence-electron chi connectivity index (χ1n) is 4.64. The van der Waals surface area contributed by atoms with Gasteiger partial charge >= 0.3 is 0 Å². The minimum absolute atomic E-state index is 0.602. The van der Waals surface area contributed by atoms with Crippen molar-refractivity contribution in [1.29, 1.82) is 0 Å². The van der Waals surface area contributed by atoms with Crippen LogP contribution in [0.25, 0.3) is 0 Å². The molecule has 0 aromatic carbocycles. The summed E-state index contributed by atoms with van der Waals surface area (Å²) in [6.07, 6.45) is 6.24. The van der Waals surface area contributed by atoms with Gasteiger partial charge < -0.3 is 0 Å². The van der Waals surface area contributed by atoms with Crippen LogP contribution in [-0.4, -0.2) is 15.6 Å². The maximum Gasteiger partial charge on any atom is 0.111 e. The maximum atomic E-state index is 13.2. The minimum atomic E-state index is -0.868. The number of rotatable bonds is 3. The predicted octanol–water partition coefficient (Wildman–Crippen LogP) is 2.22. The second-order valence-electron chi connectivity index (χ2n) is 3.80. The van der Waals surface area contributed by atoms with E-state index in [4.69, 9.17) is 0 Å². The molecule has 1 fully saturated rings. The number of alkyl halides is 1. The number of aromatic nitrogens is 2. The van der Waals surface area contributed by atoms with Crippen LogP contribution in [0.4, 0.5) is 4.39 Å². The SMILES string of the molecule is Cc1cnc(CCC2(F)CC2)cn1. The summed E-state index contributed by atoms with van der Waals surface area (Å²) < 4.78 is 13.2. The highest BCUT2D eigenvalue weighted by Gasteiger charge is 2.42. The smallest absolute Gasteiger partial charge is 0.111 e. The van der Waals surface area contributed by atoms with Gasteiger partial charge in [-0.25, -0.2) is 4.39 Å². The van der Waals surface area contributed by atoms with Gasteiger partial charge in [-0.05, 0) is 32.6 Å². The van der Waals surface area contributed by atoms with Crippen molar-refractivity contribution in [2.75, 3.05) is 0 Å². The van der Waals surface area contributed by atoms with Crippen molar-refractivity contribution >= 4 is 0 Å². The Hall–Kier alpha value is -0.990. The third-order valence-corrected chi connectivity index (χ3v) is 2.46. The average Bonchev–Trinajstić information content (AvgIpc) is 2.84. The molecular formula is C10H13FN2. The van der Waals surface area contributed by atoms with E-state index in [1.807, 2.05) is 6.92 Å². The van der Waals surface area contributed by atoms with Gasteiger partial charge in [-0.3, -0.25) is 9.97 Å². The first-order chi connectivity index (χ1) is 6.18. The van der Waals surface area contributed by atoms with E-state index in [0.29, 0.717) is 12.8 Å². The molecule has 0 N–H and O–H groups in total. The topological polar surface area (TPSA) is 25.8 Å². The highest BCUT2D eigenvalue weighted by atomic mass is 19.1. The lowest BCUT2D eigenvalue weighted by atomic mass is 10.1. The molecule has 0 saturated heterocycles. The second kappa shape index (κ2) is 3.05. The van der Waals surface area contributed by atoms with Gasteiger partial charge in [0, 0.05) is 12.4 Å². The lowest BCUT2D eigenvalue weighted by Gasteiger charge is -2.03. The van der Waals surface area contributed by atoms with Gasteiger partial charge in [0.2, 0.25) is 0 Å². The van der Waals surface area contributed by atoms with Gasteiger partial charge in [-0.1, -0.05) is 0 Å². The quantitative estimate of drug-likeness (QED) is 0.712. The molecule has 0 radical (unpaired) electrons. The molecule has 3 heteroatoms. The normalized spacial score (nSPS) is 18.6. The van der Waals surface area contributed by atoms with E-state index >= 15 is 0 Å². The lowest BCUT2D eigenvalue weighted by Crippen LogP contribution is -2.03. The summed E-state index contributed by atoms with van der Waals surface area (Å²) in [4.78, 5) is 8.30. The van der Waals surface area contributed by atoms with Crippen LogP contribution in [0, 0.1) is 6.92 Å². The van der Waals surface area contributed by atoms with E-state index in [0.717, 1.165) is 24.2 Å². The molecule has 0 amide bonds. The molecule has 1 aliphatic carbocycles. The number of hydrogen-bond donors (Lipinski definition) is 0. The maximum absolute atomic E-state index is 13.2. The molecular weight excluding hydrogens is 167 g/mol. The van der Waals surface area contributed by atoms with Crippen LogP contribution in [0.2, 0.25) is 0 Å². The molecule has 0 spiro atoms. The van der Waals surface area contributed by atoms with Gasteiger partial charge in [-0.2, -0.15) is 0 Å². The predicted molar refractivity (Wildman–Crippen MR) is 48.2 cm³/mol. The summed E-state index contributed by atoms with van der Waals surface area (Å²) in [6, 6.07) is 0. The van der Waals surface area contributed by atoms with Gasteiger partial charge in [0.15, 0.2) is 0 Å².